The van der Waals surface area contributed by atoms with Crippen molar-refractivity contribution in [2.45, 2.75) is 59.3 Å². The highest BCUT2D eigenvalue weighted by molar-refractivity contribution is 7.98. The smallest absolute Gasteiger partial charge is 0.138 e. The standard InChI is InChI=1S/C15H27N3S/c1-6-9-19-10-15-17-12(4)14(13(5)18-15)7-8-16-11(2)3/h11,16H,6-10H2,1-5H3. The second kappa shape index (κ2) is 8.54. The fourth-order valence-electron chi connectivity index (χ4n) is 2.03. The largest absolute Gasteiger partial charge is 0.314 e. The number of aromatic nitrogens is 2. The summed E-state index contributed by atoms with van der Waals surface area (Å²) in [6.45, 7) is 11.7. The molecule has 0 atom stereocenters. The molecule has 0 aliphatic carbocycles. The zero-order chi connectivity index (χ0) is 14.3. The van der Waals surface area contributed by atoms with E-state index in [0.29, 0.717) is 6.04 Å². The molecular weight excluding hydrogens is 254 g/mol. The monoisotopic (exact) mass is 281 g/mol. The molecule has 19 heavy (non-hydrogen) atoms. The maximum atomic E-state index is 4.64. The summed E-state index contributed by atoms with van der Waals surface area (Å²) in [5.74, 6) is 3.09. The third-order valence-electron chi connectivity index (χ3n) is 2.97. The Morgan fingerprint density at radius 3 is 2.32 bits per heavy atom. The molecule has 0 bridgehead atoms. The Morgan fingerprint density at radius 2 is 1.79 bits per heavy atom. The van der Waals surface area contributed by atoms with Crippen LogP contribution in [0.25, 0.3) is 0 Å². The number of rotatable bonds is 8. The van der Waals surface area contributed by atoms with Gasteiger partial charge in [-0.05, 0) is 44.6 Å². The molecule has 1 aromatic rings. The molecule has 0 aliphatic rings. The predicted octanol–water partition coefficient (Wildman–Crippen LogP) is 3.28. The quantitative estimate of drug-likeness (QED) is 0.742. The van der Waals surface area contributed by atoms with E-state index in [0.717, 1.165) is 35.9 Å². The fraction of sp³-hybridized carbons (Fsp3) is 0.733. The molecule has 108 valence electrons. The highest BCUT2D eigenvalue weighted by Crippen LogP contribution is 2.15. The molecule has 1 rings (SSSR count). The maximum absolute atomic E-state index is 4.64. The third kappa shape index (κ3) is 5.91. The highest BCUT2D eigenvalue weighted by atomic mass is 32.2. The van der Waals surface area contributed by atoms with Gasteiger partial charge in [0.1, 0.15) is 5.82 Å². The zero-order valence-corrected chi connectivity index (χ0v) is 13.7. The minimum atomic E-state index is 0.534. The van der Waals surface area contributed by atoms with Gasteiger partial charge in [0.05, 0.1) is 5.75 Å². The van der Waals surface area contributed by atoms with Crippen LogP contribution in [-0.4, -0.2) is 28.3 Å². The van der Waals surface area contributed by atoms with Gasteiger partial charge in [-0.2, -0.15) is 11.8 Å². The minimum absolute atomic E-state index is 0.534. The predicted molar refractivity (Wildman–Crippen MR) is 84.8 cm³/mol. The van der Waals surface area contributed by atoms with E-state index in [1.165, 1.54) is 17.7 Å². The SMILES string of the molecule is CCCSCc1nc(C)c(CCNC(C)C)c(C)n1. The lowest BCUT2D eigenvalue weighted by Gasteiger charge is -2.12. The van der Waals surface area contributed by atoms with Gasteiger partial charge in [0.2, 0.25) is 0 Å². The van der Waals surface area contributed by atoms with Crippen molar-refractivity contribution in [1.29, 1.82) is 0 Å². The van der Waals surface area contributed by atoms with Crippen LogP contribution in [0, 0.1) is 13.8 Å². The molecule has 4 heteroatoms. The molecule has 1 aromatic heterocycles. The van der Waals surface area contributed by atoms with Crippen molar-refractivity contribution in [2.75, 3.05) is 12.3 Å². The van der Waals surface area contributed by atoms with Crippen LogP contribution in [0.15, 0.2) is 0 Å². The molecule has 1 heterocycles. The Morgan fingerprint density at radius 1 is 1.16 bits per heavy atom. The van der Waals surface area contributed by atoms with Gasteiger partial charge in [0.25, 0.3) is 0 Å². The Balaban J connectivity index is 2.63. The summed E-state index contributed by atoms with van der Waals surface area (Å²) >= 11 is 1.91. The zero-order valence-electron chi connectivity index (χ0n) is 12.9. The van der Waals surface area contributed by atoms with Crippen LogP contribution in [0.2, 0.25) is 0 Å². The van der Waals surface area contributed by atoms with Crippen molar-refractivity contribution in [3.05, 3.63) is 22.8 Å². The molecule has 0 saturated carbocycles. The van der Waals surface area contributed by atoms with Crippen LogP contribution < -0.4 is 5.32 Å². The van der Waals surface area contributed by atoms with E-state index in [-0.39, 0.29) is 0 Å². The normalized spacial score (nSPS) is 11.3. The number of nitrogens with one attached hydrogen (secondary N) is 1. The summed E-state index contributed by atoms with van der Waals surface area (Å²) in [6, 6.07) is 0.534. The van der Waals surface area contributed by atoms with Gasteiger partial charge in [-0.25, -0.2) is 9.97 Å². The summed E-state index contributed by atoms with van der Waals surface area (Å²) < 4.78 is 0. The van der Waals surface area contributed by atoms with E-state index in [4.69, 9.17) is 0 Å². The van der Waals surface area contributed by atoms with E-state index >= 15 is 0 Å². The second-order valence-corrected chi connectivity index (χ2v) is 6.31. The maximum Gasteiger partial charge on any atom is 0.138 e. The van der Waals surface area contributed by atoms with Gasteiger partial charge in [-0.15, -0.1) is 0 Å². The number of hydrogen-bond acceptors (Lipinski definition) is 4. The summed E-state index contributed by atoms with van der Waals surface area (Å²) in [6.07, 6.45) is 2.22. The van der Waals surface area contributed by atoms with Crippen molar-refractivity contribution >= 4 is 11.8 Å². The lowest BCUT2D eigenvalue weighted by atomic mass is 10.1. The Hall–Kier alpha value is -0.610. The van der Waals surface area contributed by atoms with Gasteiger partial charge in [0.15, 0.2) is 0 Å². The van der Waals surface area contributed by atoms with Crippen molar-refractivity contribution in [3.8, 4) is 0 Å². The van der Waals surface area contributed by atoms with Gasteiger partial charge in [-0.1, -0.05) is 20.8 Å². The first-order valence-electron chi connectivity index (χ1n) is 7.18. The molecule has 0 radical (unpaired) electrons. The lowest BCUT2D eigenvalue weighted by Crippen LogP contribution is -2.25. The molecule has 3 nitrogen and oxygen atoms in total. The first-order chi connectivity index (χ1) is 9.04. The first kappa shape index (κ1) is 16.4. The van der Waals surface area contributed by atoms with Crippen molar-refractivity contribution in [1.82, 2.24) is 15.3 Å². The van der Waals surface area contributed by atoms with Crippen LogP contribution >= 0.6 is 11.8 Å². The van der Waals surface area contributed by atoms with Crippen LogP contribution in [0.1, 0.15) is 50.0 Å². The molecule has 0 fully saturated rings. The number of hydrogen-bond donors (Lipinski definition) is 1. The van der Waals surface area contributed by atoms with Crippen molar-refractivity contribution in [2.24, 2.45) is 0 Å². The minimum Gasteiger partial charge on any atom is -0.314 e. The number of aryl methyl sites for hydroxylation is 2. The van der Waals surface area contributed by atoms with E-state index in [9.17, 15) is 0 Å². The highest BCUT2D eigenvalue weighted by Gasteiger charge is 2.08. The molecular formula is C15H27N3S. The lowest BCUT2D eigenvalue weighted by molar-refractivity contribution is 0.587. The van der Waals surface area contributed by atoms with Crippen LogP contribution in [0.3, 0.4) is 0 Å². The van der Waals surface area contributed by atoms with Crippen molar-refractivity contribution < 1.29 is 0 Å². The topological polar surface area (TPSA) is 37.8 Å². The third-order valence-corrected chi connectivity index (χ3v) is 4.13. The first-order valence-corrected chi connectivity index (χ1v) is 8.34. The van der Waals surface area contributed by atoms with Crippen LogP contribution in [0.5, 0.6) is 0 Å². The van der Waals surface area contributed by atoms with Gasteiger partial charge >= 0.3 is 0 Å². The summed E-state index contributed by atoms with van der Waals surface area (Å²) in [5, 5.41) is 3.45. The molecule has 0 aromatic carbocycles. The summed E-state index contributed by atoms with van der Waals surface area (Å²) in [7, 11) is 0. The Bertz CT molecular complexity index is 368. The van der Waals surface area contributed by atoms with E-state index < -0.39 is 0 Å². The van der Waals surface area contributed by atoms with Crippen LogP contribution in [0.4, 0.5) is 0 Å². The Labute approximate surface area is 122 Å². The molecule has 0 spiro atoms. The number of thioether (sulfide) groups is 1. The molecule has 0 saturated heterocycles. The fourth-order valence-corrected chi connectivity index (χ4v) is 2.77. The van der Waals surface area contributed by atoms with Crippen molar-refractivity contribution in [3.63, 3.8) is 0 Å². The summed E-state index contributed by atoms with van der Waals surface area (Å²) in [4.78, 5) is 9.29. The van der Waals surface area contributed by atoms with E-state index in [2.05, 4.69) is 49.9 Å². The summed E-state index contributed by atoms with van der Waals surface area (Å²) in [5.41, 5.74) is 3.59. The van der Waals surface area contributed by atoms with E-state index in [1.807, 2.05) is 11.8 Å². The Kier molecular flexibility index (Phi) is 7.39. The number of nitrogens with zero attached hydrogens (tertiary/aromatic N) is 2. The van der Waals surface area contributed by atoms with Gasteiger partial charge in [-0.3, -0.25) is 0 Å². The van der Waals surface area contributed by atoms with Gasteiger partial charge < -0.3 is 5.32 Å². The molecule has 1 N–H and O–H groups in total. The van der Waals surface area contributed by atoms with E-state index in [1.54, 1.807) is 0 Å². The second-order valence-electron chi connectivity index (χ2n) is 5.20. The average molecular weight is 281 g/mol. The molecule has 0 aliphatic heterocycles. The van der Waals surface area contributed by atoms with Gasteiger partial charge in [0, 0.05) is 17.4 Å². The molecule has 0 amide bonds. The average Bonchev–Trinajstić information content (AvgIpc) is 2.32. The molecule has 0 unspecified atom stereocenters. The van der Waals surface area contributed by atoms with Crippen LogP contribution in [-0.2, 0) is 12.2 Å².